The van der Waals surface area contributed by atoms with E-state index in [0.29, 0.717) is 0 Å². The summed E-state index contributed by atoms with van der Waals surface area (Å²) in [5.41, 5.74) is 0. The molecule has 0 radical (unpaired) electrons. The van der Waals surface area contributed by atoms with Crippen LogP contribution in [-0.4, -0.2) is 23.6 Å². The summed E-state index contributed by atoms with van der Waals surface area (Å²) in [4.78, 5) is 11.2. The third-order valence-corrected chi connectivity index (χ3v) is 2.07. The van der Waals surface area contributed by atoms with Crippen molar-refractivity contribution < 1.29 is 4.79 Å². The van der Waals surface area contributed by atoms with E-state index in [2.05, 4.69) is 17.9 Å². The third-order valence-electron chi connectivity index (χ3n) is 1.82. The van der Waals surface area contributed by atoms with Crippen LogP contribution < -0.4 is 5.32 Å². The molecular formula is C7H13NOS. The SMILES string of the molecule is CC(S)C(=O)[C@@H]1CCCN1. The van der Waals surface area contributed by atoms with E-state index in [-0.39, 0.29) is 17.1 Å². The number of nitrogens with one attached hydrogen (secondary N) is 1. The molecule has 1 unspecified atom stereocenters. The largest absolute Gasteiger partial charge is 0.307 e. The van der Waals surface area contributed by atoms with Gasteiger partial charge in [0.1, 0.15) is 0 Å². The Morgan fingerprint density at radius 3 is 2.90 bits per heavy atom. The summed E-state index contributed by atoms with van der Waals surface area (Å²) in [7, 11) is 0. The highest BCUT2D eigenvalue weighted by atomic mass is 32.1. The smallest absolute Gasteiger partial charge is 0.162 e. The molecule has 58 valence electrons. The van der Waals surface area contributed by atoms with Gasteiger partial charge in [0, 0.05) is 0 Å². The standard InChI is InChI=1S/C7H13NOS/c1-5(10)7(9)6-3-2-4-8-6/h5-6,8,10H,2-4H2,1H3/t5?,6-/m0/s1. The minimum Gasteiger partial charge on any atom is -0.307 e. The second-order valence-electron chi connectivity index (χ2n) is 2.73. The first-order valence-corrected chi connectivity index (χ1v) is 4.18. The number of Topliss-reactive ketones (excluding diaryl/α,β-unsaturated/α-hetero) is 1. The maximum Gasteiger partial charge on any atom is 0.162 e. The minimum atomic E-state index is -0.115. The predicted octanol–water partition coefficient (Wildman–Crippen LogP) is 0.626. The van der Waals surface area contributed by atoms with E-state index in [1.165, 1.54) is 0 Å². The van der Waals surface area contributed by atoms with Gasteiger partial charge in [-0.05, 0) is 26.3 Å². The zero-order valence-corrected chi connectivity index (χ0v) is 7.03. The molecule has 0 saturated carbocycles. The van der Waals surface area contributed by atoms with E-state index in [4.69, 9.17) is 0 Å². The van der Waals surface area contributed by atoms with Gasteiger partial charge in [0.2, 0.25) is 0 Å². The van der Waals surface area contributed by atoms with Crippen molar-refractivity contribution in [2.45, 2.75) is 31.1 Å². The van der Waals surface area contributed by atoms with Gasteiger partial charge in [-0.25, -0.2) is 0 Å². The van der Waals surface area contributed by atoms with Crippen LogP contribution in [0, 0.1) is 0 Å². The van der Waals surface area contributed by atoms with Crippen LogP contribution in [0.2, 0.25) is 0 Å². The summed E-state index contributed by atoms with van der Waals surface area (Å²) < 4.78 is 0. The van der Waals surface area contributed by atoms with E-state index in [0.717, 1.165) is 19.4 Å². The Kier molecular flexibility index (Phi) is 2.74. The van der Waals surface area contributed by atoms with Gasteiger partial charge < -0.3 is 5.32 Å². The van der Waals surface area contributed by atoms with Crippen molar-refractivity contribution in [1.29, 1.82) is 0 Å². The first-order valence-electron chi connectivity index (χ1n) is 3.67. The van der Waals surface area contributed by atoms with Crippen LogP contribution in [0.5, 0.6) is 0 Å². The van der Waals surface area contributed by atoms with Crippen molar-refractivity contribution >= 4 is 18.4 Å². The van der Waals surface area contributed by atoms with E-state index < -0.39 is 0 Å². The summed E-state index contributed by atoms with van der Waals surface area (Å²) in [6.07, 6.45) is 2.11. The number of carbonyl (C=O) groups is 1. The molecule has 2 atom stereocenters. The summed E-state index contributed by atoms with van der Waals surface area (Å²) in [5, 5.41) is 3.02. The lowest BCUT2D eigenvalue weighted by Crippen LogP contribution is -2.35. The maximum atomic E-state index is 11.2. The fourth-order valence-corrected chi connectivity index (χ4v) is 1.40. The third kappa shape index (κ3) is 1.73. The Morgan fingerprint density at radius 1 is 1.80 bits per heavy atom. The highest BCUT2D eigenvalue weighted by molar-refractivity contribution is 7.81. The number of ketones is 1. The highest BCUT2D eigenvalue weighted by Crippen LogP contribution is 2.09. The molecule has 0 spiro atoms. The lowest BCUT2D eigenvalue weighted by Gasteiger charge is -2.10. The minimum absolute atomic E-state index is 0.0903. The average molecular weight is 159 g/mol. The summed E-state index contributed by atoms with van der Waals surface area (Å²) >= 11 is 4.08. The van der Waals surface area contributed by atoms with Crippen molar-refractivity contribution in [3.63, 3.8) is 0 Å². The van der Waals surface area contributed by atoms with E-state index in [1.807, 2.05) is 6.92 Å². The number of hydrogen-bond acceptors (Lipinski definition) is 3. The Hall–Kier alpha value is -0.0200. The molecule has 0 aliphatic carbocycles. The molecule has 1 heterocycles. The van der Waals surface area contributed by atoms with Crippen molar-refractivity contribution in [3.05, 3.63) is 0 Å². The predicted molar refractivity (Wildman–Crippen MR) is 44.5 cm³/mol. The Morgan fingerprint density at radius 2 is 2.50 bits per heavy atom. The average Bonchev–Trinajstić information content (AvgIpc) is 2.36. The van der Waals surface area contributed by atoms with Crippen LogP contribution in [0.25, 0.3) is 0 Å². The van der Waals surface area contributed by atoms with E-state index >= 15 is 0 Å². The second kappa shape index (κ2) is 3.39. The highest BCUT2D eigenvalue weighted by Gasteiger charge is 2.23. The molecule has 1 fully saturated rings. The molecule has 1 saturated heterocycles. The zero-order valence-electron chi connectivity index (χ0n) is 6.13. The molecule has 0 amide bonds. The van der Waals surface area contributed by atoms with Crippen LogP contribution in [0.15, 0.2) is 0 Å². The lowest BCUT2D eigenvalue weighted by molar-refractivity contribution is -0.119. The maximum absolute atomic E-state index is 11.2. The van der Waals surface area contributed by atoms with Gasteiger partial charge >= 0.3 is 0 Å². The molecule has 0 aromatic heterocycles. The van der Waals surface area contributed by atoms with Gasteiger partial charge in [-0.2, -0.15) is 12.6 Å². The molecule has 2 nitrogen and oxygen atoms in total. The number of thiol groups is 1. The van der Waals surface area contributed by atoms with Gasteiger partial charge in [0.25, 0.3) is 0 Å². The van der Waals surface area contributed by atoms with Gasteiger partial charge in [-0.1, -0.05) is 0 Å². The number of carbonyl (C=O) groups excluding carboxylic acids is 1. The van der Waals surface area contributed by atoms with Gasteiger partial charge in [-0.3, -0.25) is 4.79 Å². The van der Waals surface area contributed by atoms with Crippen LogP contribution in [0.4, 0.5) is 0 Å². The molecule has 10 heavy (non-hydrogen) atoms. The van der Waals surface area contributed by atoms with Crippen LogP contribution in [0.3, 0.4) is 0 Å². The summed E-state index contributed by atoms with van der Waals surface area (Å²) in [5.74, 6) is 0.237. The molecule has 3 heteroatoms. The number of rotatable bonds is 2. The molecule has 1 aliphatic rings. The first-order chi connectivity index (χ1) is 4.72. The molecule has 0 bridgehead atoms. The van der Waals surface area contributed by atoms with Crippen LogP contribution in [-0.2, 0) is 4.79 Å². The quantitative estimate of drug-likeness (QED) is 0.579. The van der Waals surface area contributed by atoms with Crippen molar-refractivity contribution in [2.24, 2.45) is 0 Å². The Bertz CT molecular complexity index is 130. The fourth-order valence-electron chi connectivity index (χ4n) is 1.22. The molecule has 1 N–H and O–H groups in total. The van der Waals surface area contributed by atoms with E-state index in [9.17, 15) is 4.79 Å². The summed E-state index contributed by atoms with van der Waals surface area (Å²) in [6, 6.07) is 0.0903. The topological polar surface area (TPSA) is 29.1 Å². The van der Waals surface area contributed by atoms with Crippen LogP contribution >= 0.6 is 12.6 Å². The van der Waals surface area contributed by atoms with Crippen molar-refractivity contribution in [3.8, 4) is 0 Å². The molecular weight excluding hydrogens is 146 g/mol. The van der Waals surface area contributed by atoms with Crippen molar-refractivity contribution in [1.82, 2.24) is 5.32 Å². The van der Waals surface area contributed by atoms with Gasteiger partial charge in [-0.15, -0.1) is 0 Å². The molecule has 0 aromatic carbocycles. The Labute approximate surface area is 66.8 Å². The van der Waals surface area contributed by atoms with Gasteiger partial charge in [0.05, 0.1) is 11.3 Å². The Balaban J connectivity index is 2.40. The molecule has 0 aromatic rings. The van der Waals surface area contributed by atoms with Crippen LogP contribution in [0.1, 0.15) is 19.8 Å². The van der Waals surface area contributed by atoms with Crippen molar-refractivity contribution in [2.75, 3.05) is 6.54 Å². The lowest BCUT2D eigenvalue weighted by atomic mass is 10.1. The molecule has 1 aliphatic heterocycles. The van der Waals surface area contributed by atoms with E-state index in [1.54, 1.807) is 0 Å². The first kappa shape index (κ1) is 8.08. The fraction of sp³-hybridized carbons (Fsp3) is 0.857. The molecule has 1 rings (SSSR count). The normalized spacial score (nSPS) is 28.4. The monoisotopic (exact) mass is 159 g/mol. The number of hydrogen-bond donors (Lipinski definition) is 2. The zero-order chi connectivity index (χ0) is 7.56. The van der Waals surface area contributed by atoms with Gasteiger partial charge in [0.15, 0.2) is 5.78 Å². The second-order valence-corrected chi connectivity index (χ2v) is 3.50. The summed E-state index contributed by atoms with van der Waals surface area (Å²) in [6.45, 7) is 2.81.